The lowest BCUT2D eigenvalue weighted by molar-refractivity contribution is 0.0235. The summed E-state index contributed by atoms with van der Waals surface area (Å²) in [6.07, 6.45) is 2.85. The number of para-hydroxylation sites is 1. The second-order valence-electron chi connectivity index (χ2n) is 7.37. The van der Waals surface area contributed by atoms with Gasteiger partial charge in [0.15, 0.2) is 11.5 Å². The van der Waals surface area contributed by atoms with Gasteiger partial charge in [0.05, 0.1) is 17.7 Å². The Morgan fingerprint density at radius 3 is 2.79 bits per heavy atom. The van der Waals surface area contributed by atoms with Crippen LogP contribution >= 0.6 is 0 Å². The molecule has 3 aromatic rings. The van der Waals surface area contributed by atoms with Crippen LogP contribution in [0.25, 0.3) is 10.9 Å². The van der Waals surface area contributed by atoms with E-state index >= 15 is 0 Å². The molecule has 1 aliphatic heterocycles. The van der Waals surface area contributed by atoms with E-state index in [0.717, 1.165) is 16.5 Å². The second-order valence-corrected chi connectivity index (χ2v) is 7.37. The summed E-state index contributed by atoms with van der Waals surface area (Å²) in [6.45, 7) is 0.172. The number of pyridine rings is 1. The summed E-state index contributed by atoms with van der Waals surface area (Å²) < 4.78 is 10.7. The Hall–Kier alpha value is -3.12. The van der Waals surface area contributed by atoms with Gasteiger partial charge in [0.2, 0.25) is 6.79 Å². The van der Waals surface area contributed by atoms with Crippen molar-refractivity contribution in [3.05, 3.63) is 65.9 Å². The smallest absolute Gasteiger partial charge is 0.251 e. The number of rotatable bonds is 4. The van der Waals surface area contributed by atoms with Gasteiger partial charge in [-0.2, -0.15) is 0 Å². The van der Waals surface area contributed by atoms with Gasteiger partial charge < -0.3 is 19.9 Å². The van der Waals surface area contributed by atoms with Crippen LogP contribution < -0.4 is 14.8 Å². The predicted octanol–water partition coefficient (Wildman–Crippen LogP) is 3.21. The molecule has 5 rings (SSSR count). The third kappa shape index (κ3) is 3.05. The zero-order chi connectivity index (χ0) is 19.1. The summed E-state index contributed by atoms with van der Waals surface area (Å²) in [6, 6.07) is 14.9. The summed E-state index contributed by atoms with van der Waals surface area (Å²) in [5.41, 5.74) is 2.38. The van der Waals surface area contributed by atoms with E-state index in [-0.39, 0.29) is 30.8 Å². The van der Waals surface area contributed by atoms with Crippen LogP contribution in [0.15, 0.2) is 54.7 Å². The number of ether oxygens (including phenoxy) is 2. The lowest BCUT2D eigenvalue weighted by Gasteiger charge is -2.38. The molecule has 2 aliphatic rings. The molecule has 0 saturated heterocycles. The molecule has 1 aromatic heterocycles. The van der Waals surface area contributed by atoms with Crippen LogP contribution in [0.2, 0.25) is 0 Å². The Balaban J connectivity index is 1.44. The van der Waals surface area contributed by atoms with Crippen molar-refractivity contribution in [2.45, 2.75) is 25.0 Å². The number of aliphatic hydroxyl groups is 1. The lowest BCUT2D eigenvalue weighted by atomic mass is 9.75. The first-order chi connectivity index (χ1) is 13.7. The average Bonchev–Trinajstić information content (AvgIpc) is 3.17. The first-order valence-electron chi connectivity index (χ1n) is 9.40. The topological polar surface area (TPSA) is 80.7 Å². The fourth-order valence-electron chi connectivity index (χ4n) is 3.90. The highest BCUT2D eigenvalue weighted by atomic mass is 16.7. The molecule has 28 heavy (non-hydrogen) atoms. The van der Waals surface area contributed by atoms with Gasteiger partial charge in [-0.1, -0.05) is 18.2 Å². The molecule has 0 unspecified atom stereocenters. The van der Waals surface area contributed by atoms with Gasteiger partial charge in [-0.25, -0.2) is 0 Å². The van der Waals surface area contributed by atoms with Gasteiger partial charge in [0.1, 0.15) is 0 Å². The number of hydrogen-bond acceptors (Lipinski definition) is 5. The van der Waals surface area contributed by atoms with Gasteiger partial charge >= 0.3 is 0 Å². The van der Waals surface area contributed by atoms with Crippen molar-refractivity contribution in [3.8, 4) is 11.5 Å². The molecule has 0 spiro atoms. The highest BCUT2D eigenvalue weighted by molar-refractivity contribution is 5.95. The maximum Gasteiger partial charge on any atom is 0.251 e. The second kappa shape index (κ2) is 6.80. The van der Waals surface area contributed by atoms with E-state index in [0.29, 0.717) is 29.9 Å². The number of carbonyl (C=O) groups is 1. The van der Waals surface area contributed by atoms with Crippen molar-refractivity contribution < 1.29 is 19.4 Å². The summed E-state index contributed by atoms with van der Waals surface area (Å²) >= 11 is 0. The molecule has 0 bridgehead atoms. The molecule has 1 amide bonds. The van der Waals surface area contributed by atoms with Crippen molar-refractivity contribution in [1.82, 2.24) is 10.3 Å². The number of nitrogens with one attached hydrogen (secondary N) is 1. The van der Waals surface area contributed by atoms with Gasteiger partial charge in [0, 0.05) is 17.1 Å². The fourth-order valence-corrected chi connectivity index (χ4v) is 3.90. The molecule has 1 saturated carbocycles. The summed E-state index contributed by atoms with van der Waals surface area (Å²) in [4.78, 5) is 17.5. The third-order valence-corrected chi connectivity index (χ3v) is 5.51. The number of nitrogens with zero attached hydrogens (tertiary/aromatic N) is 1. The monoisotopic (exact) mass is 376 g/mol. The van der Waals surface area contributed by atoms with Crippen LogP contribution in [0.3, 0.4) is 0 Å². The zero-order valence-electron chi connectivity index (χ0n) is 15.2. The van der Waals surface area contributed by atoms with Crippen LogP contribution in [-0.2, 0) is 0 Å². The predicted molar refractivity (Wildman–Crippen MR) is 103 cm³/mol. The highest BCUT2D eigenvalue weighted by Crippen LogP contribution is 2.39. The van der Waals surface area contributed by atoms with Crippen LogP contribution in [0, 0.1) is 5.92 Å². The standard InChI is InChI=1S/C22H20N2O4/c25-17-8-15(9-17)21(16-7-13-3-1-2-4-18(13)23-11-16)24-22(26)14-5-6-19-20(10-14)28-12-27-19/h1-7,10-11,15,17,21,25H,8-9,12H2,(H,24,26)/t15?,17?,21-/m1/s1. The number of carbonyl (C=O) groups excluding carboxylic acids is 1. The minimum Gasteiger partial charge on any atom is -0.454 e. The highest BCUT2D eigenvalue weighted by Gasteiger charge is 2.36. The third-order valence-electron chi connectivity index (χ3n) is 5.51. The molecule has 2 N–H and O–H groups in total. The van der Waals surface area contributed by atoms with Gasteiger partial charge in [-0.3, -0.25) is 9.78 Å². The van der Waals surface area contributed by atoms with E-state index < -0.39 is 0 Å². The van der Waals surface area contributed by atoms with E-state index in [2.05, 4.69) is 16.4 Å². The number of benzene rings is 2. The number of fused-ring (bicyclic) bond motifs is 2. The Morgan fingerprint density at radius 2 is 1.93 bits per heavy atom. The number of hydrogen-bond donors (Lipinski definition) is 2. The van der Waals surface area contributed by atoms with Crippen molar-refractivity contribution >= 4 is 16.8 Å². The molecule has 0 radical (unpaired) electrons. The van der Waals surface area contributed by atoms with Crippen LogP contribution in [-0.4, -0.2) is 28.9 Å². The molecule has 6 nitrogen and oxygen atoms in total. The van der Waals surface area contributed by atoms with Crippen molar-refractivity contribution in [1.29, 1.82) is 0 Å². The Bertz CT molecular complexity index is 1050. The zero-order valence-corrected chi connectivity index (χ0v) is 15.2. The minimum absolute atomic E-state index is 0.172. The maximum absolute atomic E-state index is 12.9. The molecular weight excluding hydrogens is 356 g/mol. The number of aliphatic hydroxyl groups excluding tert-OH is 1. The largest absolute Gasteiger partial charge is 0.454 e. The molecule has 1 atom stereocenters. The van der Waals surface area contributed by atoms with Gasteiger partial charge in [-0.15, -0.1) is 0 Å². The molecule has 1 fully saturated rings. The minimum atomic E-state index is -0.302. The molecule has 2 aromatic carbocycles. The number of aromatic nitrogens is 1. The number of amides is 1. The van der Waals surface area contributed by atoms with Gasteiger partial charge in [-0.05, 0) is 54.7 Å². The molecule has 1 aliphatic carbocycles. The summed E-state index contributed by atoms with van der Waals surface area (Å²) in [7, 11) is 0. The average molecular weight is 376 g/mol. The van der Waals surface area contributed by atoms with Crippen LogP contribution in [0.4, 0.5) is 0 Å². The SMILES string of the molecule is O=C(N[C@@H](c1cnc2ccccc2c1)C1CC(O)C1)c1ccc2c(c1)OCO2. The quantitative estimate of drug-likeness (QED) is 0.731. The first-order valence-corrected chi connectivity index (χ1v) is 9.40. The summed E-state index contributed by atoms with van der Waals surface area (Å²) in [5.74, 6) is 1.22. The molecule has 6 heteroatoms. The molecular formula is C22H20N2O4. The normalized spacial score (nSPS) is 21.2. The summed E-state index contributed by atoms with van der Waals surface area (Å²) in [5, 5.41) is 14.0. The van der Waals surface area contributed by atoms with Crippen molar-refractivity contribution in [2.75, 3.05) is 6.79 Å². The van der Waals surface area contributed by atoms with Crippen LogP contribution in [0.1, 0.15) is 34.8 Å². The lowest BCUT2D eigenvalue weighted by Crippen LogP contribution is -2.41. The Kier molecular flexibility index (Phi) is 4.13. The fraction of sp³-hybridized carbons (Fsp3) is 0.273. The Morgan fingerprint density at radius 1 is 1.11 bits per heavy atom. The molecule has 2 heterocycles. The van der Waals surface area contributed by atoms with Crippen LogP contribution in [0.5, 0.6) is 11.5 Å². The van der Waals surface area contributed by atoms with Gasteiger partial charge in [0.25, 0.3) is 5.91 Å². The molecule has 142 valence electrons. The van der Waals surface area contributed by atoms with E-state index in [1.165, 1.54) is 0 Å². The van der Waals surface area contributed by atoms with E-state index in [1.54, 1.807) is 18.2 Å². The van der Waals surface area contributed by atoms with Crippen molar-refractivity contribution in [2.24, 2.45) is 5.92 Å². The van der Waals surface area contributed by atoms with E-state index in [9.17, 15) is 9.90 Å². The first kappa shape index (κ1) is 17.0. The van der Waals surface area contributed by atoms with E-state index in [1.807, 2.05) is 30.5 Å². The van der Waals surface area contributed by atoms with Crippen molar-refractivity contribution in [3.63, 3.8) is 0 Å². The maximum atomic E-state index is 12.9. The Labute approximate surface area is 162 Å². The van der Waals surface area contributed by atoms with E-state index in [4.69, 9.17) is 9.47 Å².